The molecule has 1 atom stereocenters. The Morgan fingerprint density at radius 1 is 1.21 bits per heavy atom. The van der Waals surface area contributed by atoms with Gasteiger partial charge in [0.05, 0.1) is 18.9 Å². The fourth-order valence-electron chi connectivity index (χ4n) is 5.14. The number of para-hydroxylation sites is 2. The molecule has 1 aromatic heterocycles. The van der Waals surface area contributed by atoms with Crippen molar-refractivity contribution < 1.29 is 9.53 Å². The van der Waals surface area contributed by atoms with Gasteiger partial charge in [0.1, 0.15) is 11.4 Å². The lowest BCUT2D eigenvalue weighted by atomic mass is 9.79. The highest BCUT2D eigenvalue weighted by atomic mass is 16.5. The second-order valence-electron chi connectivity index (χ2n) is 9.10. The summed E-state index contributed by atoms with van der Waals surface area (Å²) in [6, 6.07) is 7.72. The summed E-state index contributed by atoms with van der Waals surface area (Å²) in [5, 5.41) is 4.42. The van der Waals surface area contributed by atoms with E-state index in [-0.39, 0.29) is 5.91 Å². The molecule has 2 saturated heterocycles. The summed E-state index contributed by atoms with van der Waals surface area (Å²) in [6.45, 7) is 5.40. The van der Waals surface area contributed by atoms with Gasteiger partial charge >= 0.3 is 0 Å². The lowest BCUT2D eigenvalue weighted by Crippen LogP contribution is -2.46. The van der Waals surface area contributed by atoms with Crippen LogP contribution in [0.3, 0.4) is 0 Å². The number of methoxy groups -OCH3 is 1. The van der Waals surface area contributed by atoms with Crippen molar-refractivity contribution in [2.24, 2.45) is 11.3 Å². The van der Waals surface area contributed by atoms with Crippen molar-refractivity contribution in [3.05, 3.63) is 42.2 Å². The van der Waals surface area contributed by atoms with Crippen LogP contribution in [-0.2, 0) is 0 Å². The van der Waals surface area contributed by atoms with Gasteiger partial charge in [-0.1, -0.05) is 12.1 Å². The Bertz CT molecular complexity index is 891. The molecular weight excluding hydrogens is 364 g/mol. The van der Waals surface area contributed by atoms with E-state index in [4.69, 9.17) is 4.74 Å². The monoisotopic (exact) mass is 394 g/mol. The fourth-order valence-corrected chi connectivity index (χ4v) is 5.14. The number of likely N-dealkylation sites (tertiary alicyclic amines) is 2. The summed E-state index contributed by atoms with van der Waals surface area (Å²) in [5.41, 5.74) is 1.79. The summed E-state index contributed by atoms with van der Waals surface area (Å²) in [5.74, 6) is 1.78. The van der Waals surface area contributed by atoms with Gasteiger partial charge in [0.15, 0.2) is 0 Å². The minimum absolute atomic E-state index is 0.0994. The van der Waals surface area contributed by atoms with E-state index in [9.17, 15) is 4.79 Å². The van der Waals surface area contributed by atoms with Crippen LogP contribution >= 0.6 is 0 Å². The van der Waals surface area contributed by atoms with Crippen molar-refractivity contribution >= 4 is 5.91 Å². The van der Waals surface area contributed by atoms with Gasteiger partial charge in [-0.3, -0.25) is 4.79 Å². The van der Waals surface area contributed by atoms with Crippen LogP contribution in [0.5, 0.6) is 5.75 Å². The number of nitrogens with zero attached hydrogens (tertiary/aromatic N) is 4. The van der Waals surface area contributed by atoms with Crippen molar-refractivity contribution in [3.63, 3.8) is 0 Å². The van der Waals surface area contributed by atoms with Crippen LogP contribution in [0.25, 0.3) is 5.69 Å². The van der Waals surface area contributed by atoms with Gasteiger partial charge in [-0.15, -0.1) is 0 Å². The molecule has 0 N–H and O–H groups in total. The van der Waals surface area contributed by atoms with Crippen LogP contribution in [0.2, 0.25) is 0 Å². The van der Waals surface area contributed by atoms with Gasteiger partial charge in [-0.25, -0.2) is 4.68 Å². The molecule has 6 heteroatoms. The van der Waals surface area contributed by atoms with Crippen LogP contribution < -0.4 is 4.74 Å². The van der Waals surface area contributed by atoms with Gasteiger partial charge in [0.25, 0.3) is 5.91 Å². The van der Waals surface area contributed by atoms with Crippen LogP contribution in [-0.4, -0.2) is 65.3 Å². The quantitative estimate of drug-likeness (QED) is 0.781. The van der Waals surface area contributed by atoms with E-state index in [2.05, 4.69) is 10.00 Å². The summed E-state index contributed by atoms with van der Waals surface area (Å²) in [6.07, 6.45) is 9.96. The number of amides is 1. The zero-order chi connectivity index (χ0) is 19.8. The Hall–Kier alpha value is -2.34. The van der Waals surface area contributed by atoms with E-state index in [0.717, 1.165) is 43.4 Å². The average molecular weight is 395 g/mol. The van der Waals surface area contributed by atoms with Crippen molar-refractivity contribution in [1.29, 1.82) is 0 Å². The number of carbonyl (C=O) groups excluding carboxylic acids is 1. The third-order valence-corrected chi connectivity index (χ3v) is 6.84. The zero-order valence-electron chi connectivity index (χ0n) is 17.2. The number of ether oxygens (including phenoxy) is 1. The minimum atomic E-state index is 0.0994. The van der Waals surface area contributed by atoms with Crippen LogP contribution in [0, 0.1) is 11.3 Å². The van der Waals surface area contributed by atoms with Crippen molar-refractivity contribution in [1.82, 2.24) is 19.6 Å². The van der Waals surface area contributed by atoms with E-state index in [0.29, 0.717) is 11.0 Å². The standard InChI is InChI=1S/C23H30N4O2/c1-29-21-6-3-2-5-20(21)27-15-19(13-24-27)22(28)26-12-10-23(17-26)9-4-11-25(16-23)14-18-7-8-18/h2-3,5-6,13,15,18H,4,7-12,14,16-17H2,1H3/t23-/m0/s1. The molecule has 0 bridgehead atoms. The van der Waals surface area contributed by atoms with Gasteiger partial charge in [-0.2, -0.15) is 5.10 Å². The third-order valence-electron chi connectivity index (χ3n) is 6.84. The first-order valence-corrected chi connectivity index (χ1v) is 10.9. The molecule has 154 valence electrons. The maximum atomic E-state index is 13.2. The molecule has 2 aromatic rings. The second kappa shape index (κ2) is 7.48. The Labute approximate surface area is 172 Å². The molecule has 1 spiro atoms. The predicted molar refractivity (Wildman–Crippen MR) is 111 cm³/mol. The Kier molecular flexibility index (Phi) is 4.82. The molecule has 5 rings (SSSR count). The fraction of sp³-hybridized carbons (Fsp3) is 0.565. The van der Waals surface area contributed by atoms with Crippen molar-refractivity contribution in [2.45, 2.75) is 32.1 Å². The van der Waals surface area contributed by atoms with Gasteiger partial charge < -0.3 is 14.5 Å². The highest BCUT2D eigenvalue weighted by Crippen LogP contribution is 2.41. The second-order valence-corrected chi connectivity index (χ2v) is 9.10. The summed E-state index contributed by atoms with van der Waals surface area (Å²) < 4.78 is 7.16. The lowest BCUT2D eigenvalue weighted by molar-refractivity contribution is 0.0681. The Morgan fingerprint density at radius 3 is 2.90 bits per heavy atom. The molecule has 1 saturated carbocycles. The van der Waals surface area contributed by atoms with E-state index in [1.807, 2.05) is 35.4 Å². The van der Waals surface area contributed by atoms with Crippen LogP contribution in [0.1, 0.15) is 42.5 Å². The normalized spacial score (nSPS) is 24.9. The van der Waals surface area contributed by atoms with Crippen molar-refractivity contribution in [2.75, 3.05) is 39.8 Å². The van der Waals surface area contributed by atoms with E-state index >= 15 is 0 Å². The Morgan fingerprint density at radius 2 is 2.07 bits per heavy atom. The number of piperidine rings is 1. The molecule has 29 heavy (non-hydrogen) atoms. The maximum absolute atomic E-state index is 13.2. The molecule has 1 aliphatic carbocycles. The molecule has 3 fully saturated rings. The number of aromatic nitrogens is 2. The number of benzene rings is 1. The van der Waals surface area contributed by atoms with E-state index in [1.165, 1.54) is 38.8 Å². The highest BCUT2D eigenvalue weighted by Gasteiger charge is 2.43. The van der Waals surface area contributed by atoms with E-state index in [1.54, 1.807) is 18.0 Å². The van der Waals surface area contributed by atoms with E-state index < -0.39 is 0 Å². The number of hydrogen-bond acceptors (Lipinski definition) is 4. The predicted octanol–water partition coefficient (Wildman–Crippen LogP) is 3.22. The van der Waals surface area contributed by atoms with Crippen molar-refractivity contribution in [3.8, 4) is 11.4 Å². The SMILES string of the molecule is COc1ccccc1-n1cc(C(=O)N2CC[C@]3(CCCN(CC4CC4)C3)C2)cn1. The molecule has 0 unspecified atom stereocenters. The third kappa shape index (κ3) is 3.78. The van der Waals surface area contributed by atoms with Gasteiger partial charge in [-0.05, 0) is 56.7 Å². The molecule has 2 aliphatic heterocycles. The van der Waals surface area contributed by atoms with Crippen LogP contribution in [0.15, 0.2) is 36.7 Å². The highest BCUT2D eigenvalue weighted by molar-refractivity contribution is 5.94. The first-order valence-electron chi connectivity index (χ1n) is 10.9. The molecule has 3 heterocycles. The molecule has 6 nitrogen and oxygen atoms in total. The average Bonchev–Trinajstić information content (AvgIpc) is 3.26. The minimum Gasteiger partial charge on any atom is -0.494 e. The smallest absolute Gasteiger partial charge is 0.257 e. The summed E-state index contributed by atoms with van der Waals surface area (Å²) >= 11 is 0. The summed E-state index contributed by atoms with van der Waals surface area (Å²) in [4.78, 5) is 17.9. The Balaban J connectivity index is 1.27. The topological polar surface area (TPSA) is 50.6 Å². The van der Waals surface area contributed by atoms with Gasteiger partial charge in [0, 0.05) is 37.8 Å². The largest absolute Gasteiger partial charge is 0.494 e. The molecular formula is C23H30N4O2. The lowest BCUT2D eigenvalue weighted by Gasteiger charge is -2.40. The zero-order valence-corrected chi connectivity index (χ0v) is 17.2. The van der Waals surface area contributed by atoms with Crippen LogP contribution in [0.4, 0.5) is 0 Å². The molecule has 1 amide bonds. The molecule has 1 aromatic carbocycles. The number of rotatable bonds is 5. The maximum Gasteiger partial charge on any atom is 0.257 e. The molecule has 3 aliphatic rings. The number of hydrogen-bond donors (Lipinski definition) is 0. The summed E-state index contributed by atoms with van der Waals surface area (Å²) in [7, 11) is 1.65. The van der Waals surface area contributed by atoms with Gasteiger partial charge in [0.2, 0.25) is 0 Å². The first-order chi connectivity index (χ1) is 14.2. The molecule has 0 radical (unpaired) electrons. The first kappa shape index (κ1) is 18.7. The number of carbonyl (C=O) groups is 1.